The summed E-state index contributed by atoms with van der Waals surface area (Å²) >= 11 is 0. The first-order valence-corrected chi connectivity index (χ1v) is 10.6. The molecule has 1 aliphatic rings. The maximum atomic E-state index is 12.9. The molecule has 1 unspecified atom stereocenters. The first-order chi connectivity index (χ1) is 15.6. The summed E-state index contributed by atoms with van der Waals surface area (Å²) in [6, 6.07) is 7.08. The second-order valence-electron chi connectivity index (χ2n) is 8.31. The van der Waals surface area contributed by atoms with Crippen molar-refractivity contribution in [3.8, 4) is 0 Å². The SMILES string of the molecule is CN=C(C=CN)CNC(=O)c1cnc2c(c1)CN(Cc1ccc(C(F)(F)F)cc1)C2C(C)C. The van der Waals surface area contributed by atoms with Gasteiger partial charge in [-0.25, -0.2) is 0 Å². The quantitative estimate of drug-likeness (QED) is 0.611. The van der Waals surface area contributed by atoms with Gasteiger partial charge in [0.25, 0.3) is 5.91 Å². The zero-order valence-corrected chi connectivity index (χ0v) is 18.9. The minimum Gasteiger partial charge on any atom is -0.405 e. The molecule has 0 fully saturated rings. The summed E-state index contributed by atoms with van der Waals surface area (Å²) in [6.07, 6.45) is 0.192. The zero-order chi connectivity index (χ0) is 24.2. The summed E-state index contributed by atoms with van der Waals surface area (Å²) in [6.45, 7) is 5.46. The van der Waals surface area contributed by atoms with Gasteiger partial charge in [0.2, 0.25) is 0 Å². The molecular formula is C24H28F3N5O. The molecule has 1 atom stereocenters. The van der Waals surface area contributed by atoms with Crippen molar-refractivity contribution in [3.63, 3.8) is 0 Å². The van der Waals surface area contributed by atoms with Gasteiger partial charge in [0.05, 0.1) is 35.1 Å². The third-order valence-electron chi connectivity index (χ3n) is 5.61. The van der Waals surface area contributed by atoms with E-state index >= 15 is 0 Å². The second kappa shape index (κ2) is 10.2. The number of carbonyl (C=O) groups excluding carboxylic acids is 1. The van der Waals surface area contributed by atoms with E-state index in [1.54, 1.807) is 19.3 Å². The van der Waals surface area contributed by atoms with Crippen LogP contribution in [0.3, 0.4) is 0 Å². The number of alkyl halides is 3. The minimum absolute atomic E-state index is 0.00734. The molecule has 0 saturated heterocycles. The van der Waals surface area contributed by atoms with Crippen molar-refractivity contribution in [3.05, 3.63) is 76.8 Å². The number of benzene rings is 1. The van der Waals surface area contributed by atoms with E-state index in [4.69, 9.17) is 5.73 Å². The van der Waals surface area contributed by atoms with E-state index in [1.807, 2.05) is 6.07 Å². The number of amides is 1. The Kier molecular flexibility index (Phi) is 7.53. The number of pyridine rings is 1. The summed E-state index contributed by atoms with van der Waals surface area (Å²) in [7, 11) is 1.62. The van der Waals surface area contributed by atoms with Gasteiger partial charge in [-0.05, 0) is 47.5 Å². The predicted octanol–water partition coefficient (Wildman–Crippen LogP) is 4.09. The number of fused-ring (bicyclic) bond motifs is 1. The maximum Gasteiger partial charge on any atom is 0.416 e. The fourth-order valence-corrected chi connectivity index (χ4v) is 4.05. The van der Waals surface area contributed by atoms with Crippen LogP contribution >= 0.6 is 0 Å². The van der Waals surface area contributed by atoms with E-state index < -0.39 is 11.7 Å². The number of nitrogens with two attached hydrogens (primary N) is 1. The van der Waals surface area contributed by atoms with Crippen LogP contribution in [0.25, 0.3) is 0 Å². The van der Waals surface area contributed by atoms with E-state index in [0.29, 0.717) is 24.4 Å². The Morgan fingerprint density at radius 1 is 1.33 bits per heavy atom. The molecule has 3 rings (SSSR count). The van der Waals surface area contributed by atoms with Crippen molar-refractivity contribution in [2.24, 2.45) is 16.6 Å². The summed E-state index contributed by atoms with van der Waals surface area (Å²) in [4.78, 5) is 23.4. The van der Waals surface area contributed by atoms with Crippen LogP contribution in [0.15, 0.2) is 53.8 Å². The molecule has 1 aliphatic heterocycles. The number of carbonyl (C=O) groups is 1. The monoisotopic (exact) mass is 459 g/mol. The molecule has 0 aliphatic carbocycles. The molecule has 0 saturated carbocycles. The van der Waals surface area contributed by atoms with E-state index in [-0.39, 0.29) is 24.4 Å². The third kappa shape index (κ3) is 5.78. The van der Waals surface area contributed by atoms with Crippen molar-refractivity contribution in [1.29, 1.82) is 0 Å². The van der Waals surface area contributed by atoms with Crippen LogP contribution < -0.4 is 11.1 Å². The summed E-state index contributed by atoms with van der Waals surface area (Å²) in [5.74, 6) is -0.0293. The highest BCUT2D eigenvalue weighted by Gasteiger charge is 2.35. The number of aromatic nitrogens is 1. The highest BCUT2D eigenvalue weighted by atomic mass is 19.4. The molecule has 1 aromatic carbocycles. The molecule has 33 heavy (non-hydrogen) atoms. The summed E-state index contributed by atoms with van der Waals surface area (Å²) < 4.78 is 38.6. The molecule has 3 N–H and O–H groups in total. The van der Waals surface area contributed by atoms with Gasteiger partial charge < -0.3 is 11.1 Å². The van der Waals surface area contributed by atoms with E-state index in [2.05, 4.69) is 34.0 Å². The Hall–Kier alpha value is -3.20. The number of hydrogen-bond donors (Lipinski definition) is 2. The van der Waals surface area contributed by atoms with Gasteiger partial charge in [-0.15, -0.1) is 0 Å². The van der Waals surface area contributed by atoms with Gasteiger partial charge in [-0.2, -0.15) is 13.2 Å². The zero-order valence-electron chi connectivity index (χ0n) is 18.9. The van der Waals surface area contributed by atoms with Crippen LogP contribution in [0.2, 0.25) is 0 Å². The number of nitrogens with zero attached hydrogens (tertiary/aromatic N) is 3. The lowest BCUT2D eigenvalue weighted by Crippen LogP contribution is -2.29. The first kappa shape index (κ1) is 24.4. The lowest BCUT2D eigenvalue weighted by molar-refractivity contribution is -0.137. The number of halogens is 3. The number of rotatable bonds is 7. The van der Waals surface area contributed by atoms with E-state index in [0.717, 1.165) is 29.0 Å². The molecule has 176 valence electrons. The van der Waals surface area contributed by atoms with Crippen molar-refractivity contribution in [1.82, 2.24) is 15.2 Å². The molecule has 0 radical (unpaired) electrons. The average molecular weight is 460 g/mol. The van der Waals surface area contributed by atoms with Crippen LogP contribution in [0.5, 0.6) is 0 Å². The molecular weight excluding hydrogens is 431 g/mol. The second-order valence-corrected chi connectivity index (χ2v) is 8.31. The fraction of sp³-hybridized carbons (Fsp3) is 0.375. The van der Waals surface area contributed by atoms with Crippen LogP contribution in [0.4, 0.5) is 13.2 Å². The highest BCUT2D eigenvalue weighted by Crippen LogP contribution is 2.39. The van der Waals surface area contributed by atoms with Crippen LogP contribution in [0, 0.1) is 5.92 Å². The van der Waals surface area contributed by atoms with Gasteiger partial charge in [0.1, 0.15) is 0 Å². The first-order valence-electron chi connectivity index (χ1n) is 10.6. The number of nitrogens with one attached hydrogen (secondary N) is 1. The fourth-order valence-electron chi connectivity index (χ4n) is 4.05. The van der Waals surface area contributed by atoms with Gasteiger partial charge in [0.15, 0.2) is 0 Å². The molecule has 2 aromatic rings. The molecule has 1 amide bonds. The smallest absolute Gasteiger partial charge is 0.405 e. The largest absolute Gasteiger partial charge is 0.416 e. The van der Waals surface area contributed by atoms with Gasteiger partial charge >= 0.3 is 6.18 Å². The lowest BCUT2D eigenvalue weighted by atomic mass is 9.99. The Morgan fingerprint density at radius 3 is 2.61 bits per heavy atom. The topological polar surface area (TPSA) is 83.6 Å². The van der Waals surface area contributed by atoms with Crippen molar-refractivity contribution in [2.45, 2.75) is 39.2 Å². The number of hydrogen-bond acceptors (Lipinski definition) is 5. The Bertz CT molecular complexity index is 1050. The molecule has 2 heterocycles. The average Bonchev–Trinajstić information content (AvgIpc) is 3.13. The lowest BCUT2D eigenvalue weighted by Gasteiger charge is -2.27. The normalized spacial score (nSPS) is 17.1. The molecule has 0 spiro atoms. The van der Waals surface area contributed by atoms with E-state index in [1.165, 1.54) is 18.3 Å². The Morgan fingerprint density at radius 2 is 2.03 bits per heavy atom. The standard InChI is InChI=1S/C24H28F3N5O/c1-15(2)22-21-18(10-17(11-30-21)23(33)31-12-20(29-3)8-9-28)14-32(22)13-16-4-6-19(7-5-16)24(25,26)27/h4-11,15,22H,12-14,28H2,1-3H3,(H,31,33). The van der Waals surface area contributed by atoms with Gasteiger partial charge in [0, 0.05) is 26.3 Å². The molecule has 1 aromatic heterocycles. The van der Waals surface area contributed by atoms with Crippen LogP contribution in [0.1, 0.15) is 52.6 Å². The van der Waals surface area contributed by atoms with Crippen molar-refractivity contribution >= 4 is 11.6 Å². The van der Waals surface area contributed by atoms with E-state index in [9.17, 15) is 18.0 Å². The van der Waals surface area contributed by atoms with Crippen LogP contribution in [-0.4, -0.2) is 35.1 Å². The molecule has 0 bridgehead atoms. The van der Waals surface area contributed by atoms with Crippen LogP contribution in [-0.2, 0) is 19.3 Å². The maximum absolute atomic E-state index is 12.9. The summed E-state index contributed by atoms with van der Waals surface area (Å²) in [5, 5.41) is 2.81. The third-order valence-corrected chi connectivity index (χ3v) is 5.61. The van der Waals surface area contributed by atoms with Crippen molar-refractivity contribution < 1.29 is 18.0 Å². The minimum atomic E-state index is -4.35. The Balaban J connectivity index is 1.75. The van der Waals surface area contributed by atoms with Crippen molar-refractivity contribution in [2.75, 3.05) is 13.6 Å². The molecule has 9 heteroatoms. The molecule has 6 nitrogen and oxygen atoms in total. The summed E-state index contributed by atoms with van der Waals surface area (Å²) in [5.41, 5.74) is 8.44. The van der Waals surface area contributed by atoms with Gasteiger partial charge in [-0.1, -0.05) is 26.0 Å². The Labute approximate surface area is 191 Å². The highest BCUT2D eigenvalue weighted by molar-refractivity contribution is 6.01. The van der Waals surface area contributed by atoms with Gasteiger partial charge in [-0.3, -0.25) is 19.7 Å². The predicted molar refractivity (Wildman–Crippen MR) is 122 cm³/mol. The number of aliphatic imine (C=N–C) groups is 1.